The number of hydrogen-bond donors (Lipinski definition) is 1. The third-order valence-electron chi connectivity index (χ3n) is 7.04. The average molecular weight is 628 g/mol. The standard InChI is InChI=1S/C31H28F3N3O6S/c1-20-7-17-27(18-8-20)44(41,42)36(2)30(38)28(21-11-15-26(43-3)16-12-21)29(22-9-13-25(14-10-22)37(39)40)35-24-6-4-5-23(19-24)31(32,33)34/h4-19,28-29,35H,1-3H3/t28-,29-/m1/s1. The summed E-state index contributed by atoms with van der Waals surface area (Å²) >= 11 is 0. The Morgan fingerprint density at radius 2 is 1.52 bits per heavy atom. The van der Waals surface area contributed by atoms with Crippen LogP contribution in [0.4, 0.5) is 24.5 Å². The third-order valence-corrected chi connectivity index (χ3v) is 8.81. The molecule has 0 aliphatic heterocycles. The second kappa shape index (κ2) is 12.8. The molecule has 4 aromatic rings. The van der Waals surface area contributed by atoms with Crippen LogP contribution in [0, 0.1) is 17.0 Å². The molecule has 4 rings (SSSR count). The van der Waals surface area contributed by atoms with Crippen molar-refractivity contribution in [2.24, 2.45) is 0 Å². The van der Waals surface area contributed by atoms with E-state index in [4.69, 9.17) is 4.74 Å². The molecule has 13 heteroatoms. The summed E-state index contributed by atoms with van der Waals surface area (Å²) < 4.78 is 73.7. The molecule has 4 aromatic carbocycles. The third kappa shape index (κ3) is 7.00. The molecule has 0 saturated carbocycles. The molecular formula is C31H28F3N3O6S. The second-order valence-corrected chi connectivity index (χ2v) is 11.9. The second-order valence-electron chi connectivity index (χ2n) is 9.92. The first-order chi connectivity index (χ1) is 20.7. The lowest BCUT2D eigenvalue weighted by Crippen LogP contribution is -2.40. The SMILES string of the molecule is COc1ccc([C@@H](C(=O)N(C)S(=O)(=O)c2ccc(C)cc2)[C@H](Nc2cccc(C(F)(F)F)c2)c2ccc([N+](=O)[O-])cc2)cc1. The number of halogens is 3. The van der Waals surface area contributed by atoms with Gasteiger partial charge in [0.2, 0.25) is 5.91 Å². The van der Waals surface area contributed by atoms with Crippen molar-refractivity contribution in [2.45, 2.75) is 30.0 Å². The number of non-ortho nitro benzene ring substituents is 1. The van der Waals surface area contributed by atoms with Gasteiger partial charge in [0, 0.05) is 24.9 Å². The van der Waals surface area contributed by atoms with Crippen molar-refractivity contribution >= 4 is 27.3 Å². The van der Waals surface area contributed by atoms with E-state index in [1.165, 1.54) is 55.6 Å². The van der Waals surface area contributed by atoms with Gasteiger partial charge in [0.25, 0.3) is 15.7 Å². The van der Waals surface area contributed by atoms with E-state index in [0.29, 0.717) is 15.6 Å². The molecule has 0 bridgehead atoms. The molecule has 44 heavy (non-hydrogen) atoms. The number of aryl methyl sites for hydroxylation is 1. The lowest BCUT2D eigenvalue weighted by atomic mass is 9.85. The monoisotopic (exact) mass is 627 g/mol. The fraction of sp³-hybridized carbons (Fsp3) is 0.194. The predicted molar refractivity (Wildman–Crippen MR) is 158 cm³/mol. The molecule has 9 nitrogen and oxygen atoms in total. The van der Waals surface area contributed by atoms with Crippen LogP contribution in [0.15, 0.2) is 102 Å². The number of benzene rings is 4. The highest BCUT2D eigenvalue weighted by atomic mass is 32.2. The number of carbonyl (C=O) groups excluding carboxylic acids is 1. The zero-order chi connectivity index (χ0) is 32.2. The molecule has 230 valence electrons. The van der Waals surface area contributed by atoms with Gasteiger partial charge in [-0.3, -0.25) is 14.9 Å². The molecule has 0 spiro atoms. The molecule has 0 unspecified atom stereocenters. The van der Waals surface area contributed by atoms with Crippen LogP contribution in [0.2, 0.25) is 0 Å². The Morgan fingerprint density at radius 1 is 0.932 bits per heavy atom. The molecule has 0 heterocycles. The zero-order valence-electron chi connectivity index (χ0n) is 23.8. The van der Waals surface area contributed by atoms with Gasteiger partial charge in [-0.1, -0.05) is 48.0 Å². The number of amides is 1. The van der Waals surface area contributed by atoms with Crippen LogP contribution in [0.1, 0.15) is 34.2 Å². The van der Waals surface area contributed by atoms with Gasteiger partial charge >= 0.3 is 6.18 Å². The predicted octanol–water partition coefficient (Wildman–Crippen LogP) is 6.71. The molecule has 2 atom stereocenters. The van der Waals surface area contributed by atoms with Crippen LogP contribution < -0.4 is 10.1 Å². The number of methoxy groups -OCH3 is 1. The van der Waals surface area contributed by atoms with E-state index in [1.807, 2.05) is 0 Å². The van der Waals surface area contributed by atoms with Gasteiger partial charge in [0.15, 0.2) is 0 Å². The van der Waals surface area contributed by atoms with Crippen LogP contribution in [0.25, 0.3) is 0 Å². The lowest BCUT2D eigenvalue weighted by molar-refractivity contribution is -0.384. The Balaban J connectivity index is 1.89. The molecule has 0 radical (unpaired) electrons. The minimum absolute atomic E-state index is 0.0152. The summed E-state index contributed by atoms with van der Waals surface area (Å²) in [4.78, 5) is 24.9. The summed E-state index contributed by atoms with van der Waals surface area (Å²) in [6, 6.07) is 20.3. The number of nitro groups is 1. The van der Waals surface area contributed by atoms with Crippen molar-refractivity contribution < 1.29 is 36.0 Å². The van der Waals surface area contributed by atoms with Gasteiger partial charge in [-0.05, 0) is 60.5 Å². The first-order valence-electron chi connectivity index (χ1n) is 13.1. The number of likely N-dealkylation sites (N-methyl/N-ethyl adjacent to an activating group) is 1. The Hall–Kier alpha value is -4.91. The molecule has 1 amide bonds. The Bertz CT molecular complexity index is 1740. The van der Waals surface area contributed by atoms with Gasteiger partial charge in [0.05, 0.1) is 34.5 Å². The van der Waals surface area contributed by atoms with Gasteiger partial charge in [-0.25, -0.2) is 12.7 Å². The number of nitrogens with zero attached hydrogens (tertiary/aromatic N) is 2. The van der Waals surface area contributed by atoms with E-state index in [0.717, 1.165) is 24.7 Å². The van der Waals surface area contributed by atoms with Crippen molar-refractivity contribution in [2.75, 3.05) is 19.5 Å². The highest BCUT2D eigenvalue weighted by Crippen LogP contribution is 2.39. The largest absolute Gasteiger partial charge is 0.497 e. The quantitative estimate of drug-likeness (QED) is 0.153. The van der Waals surface area contributed by atoms with Crippen molar-refractivity contribution in [3.63, 3.8) is 0 Å². The van der Waals surface area contributed by atoms with Crippen LogP contribution in [-0.4, -0.2) is 37.7 Å². The number of sulfonamides is 1. The number of rotatable bonds is 10. The molecule has 0 saturated heterocycles. The fourth-order valence-electron chi connectivity index (χ4n) is 4.60. The smallest absolute Gasteiger partial charge is 0.416 e. The molecule has 0 aliphatic rings. The maximum Gasteiger partial charge on any atom is 0.416 e. The van der Waals surface area contributed by atoms with E-state index < -0.39 is 44.6 Å². The summed E-state index contributed by atoms with van der Waals surface area (Å²) in [7, 11) is -1.82. The summed E-state index contributed by atoms with van der Waals surface area (Å²) in [5.41, 5.74) is 0.179. The molecule has 0 aromatic heterocycles. The minimum atomic E-state index is -4.66. The van der Waals surface area contributed by atoms with Gasteiger partial charge in [-0.2, -0.15) is 13.2 Å². The topological polar surface area (TPSA) is 119 Å². The van der Waals surface area contributed by atoms with Crippen molar-refractivity contribution in [3.8, 4) is 5.75 Å². The van der Waals surface area contributed by atoms with Crippen LogP contribution in [0.3, 0.4) is 0 Å². The van der Waals surface area contributed by atoms with Crippen LogP contribution >= 0.6 is 0 Å². The van der Waals surface area contributed by atoms with E-state index in [1.54, 1.807) is 43.3 Å². The number of nitrogens with one attached hydrogen (secondary N) is 1. The molecule has 0 fully saturated rings. The van der Waals surface area contributed by atoms with Gasteiger partial charge in [0.1, 0.15) is 5.75 Å². The number of ether oxygens (including phenoxy) is 1. The van der Waals surface area contributed by atoms with E-state index in [9.17, 15) is 36.5 Å². The Morgan fingerprint density at radius 3 is 2.07 bits per heavy atom. The van der Waals surface area contributed by atoms with E-state index in [-0.39, 0.29) is 21.8 Å². The number of nitro benzene ring substituents is 1. The average Bonchev–Trinajstić information content (AvgIpc) is 3.00. The minimum Gasteiger partial charge on any atom is -0.497 e. The van der Waals surface area contributed by atoms with E-state index >= 15 is 0 Å². The number of hydrogen-bond acceptors (Lipinski definition) is 7. The summed E-state index contributed by atoms with van der Waals surface area (Å²) in [6.07, 6.45) is -4.66. The number of anilines is 1. The summed E-state index contributed by atoms with van der Waals surface area (Å²) in [5, 5.41) is 14.3. The van der Waals surface area contributed by atoms with Crippen molar-refractivity contribution in [1.82, 2.24) is 4.31 Å². The van der Waals surface area contributed by atoms with Crippen molar-refractivity contribution in [3.05, 3.63) is 129 Å². The first-order valence-corrected chi connectivity index (χ1v) is 14.6. The van der Waals surface area contributed by atoms with Gasteiger partial charge < -0.3 is 10.1 Å². The van der Waals surface area contributed by atoms with Crippen LogP contribution in [-0.2, 0) is 21.0 Å². The maximum atomic E-state index is 14.3. The van der Waals surface area contributed by atoms with Crippen molar-refractivity contribution in [1.29, 1.82) is 0 Å². The highest BCUT2D eigenvalue weighted by Gasteiger charge is 2.38. The molecular weight excluding hydrogens is 599 g/mol. The number of alkyl halides is 3. The normalized spacial score (nSPS) is 13.0. The fourth-order valence-corrected chi connectivity index (χ4v) is 5.75. The Kier molecular flexibility index (Phi) is 9.28. The first kappa shape index (κ1) is 32.0. The number of carbonyl (C=O) groups is 1. The highest BCUT2D eigenvalue weighted by molar-refractivity contribution is 7.89. The lowest BCUT2D eigenvalue weighted by Gasteiger charge is -2.32. The summed E-state index contributed by atoms with van der Waals surface area (Å²) in [6.45, 7) is 1.78. The van der Waals surface area contributed by atoms with Crippen LogP contribution in [0.5, 0.6) is 5.75 Å². The maximum absolute atomic E-state index is 14.3. The Labute approximate surface area is 252 Å². The molecule has 0 aliphatic carbocycles. The zero-order valence-corrected chi connectivity index (χ0v) is 24.6. The summed E-state index contributed by atoms with van der Waals surface area (Å²) in [5.74, 6) is -1.81. The molecule has 1 N–H and O–H groups in total. The van der Waals surface area contributed by atoms with Gasteiger partial charge in [-0.15, -0.1) is 0 Å². The van der Waals surface area contributed by atoms with E-state index in [2.05, 4.69) is 5.32 Å².